The van der Waals surface area contributed by atoms with Gasteiger partial charge in [0.15, 0.2) is 0 Å². The molecule has 1 saturated heterocycles. The smallest absolute Gasteiger partial charge is 0.243 e. The van der Waals surface area contributed by atoms with Crippen LogP contribution in [0.1, 0.15) is 39.7 Å². The lowest BCUT2D eigenvalue weighted by Gasteiger charge is -2.23. The molecule has 126 valence electrons. The Morgan fingerprint density at radius 3 is 2.18 bits per heavy atom. The molecule has 0 spiro atoms. The monoisotopic (exact) mass is 346 g/mol. The summed E-state index contributed by atoms with van der Waals surface area (Å²) in [5, 5.41) is 0. The van der Waals surface area contributed by atoms with Crippen molar-refractivity contribution in [3.05, 3.63) is 29.8 Å². The van der Waals surface area contributed by atoms with Crippen molar-refractivity contribution in [2.75, 3.05) is 19.6 Å². The Balaban J connectivity index is 0.00000242. The maximum Gasteiger partial charge on any atom is 0.243 e. The normalized spacial score (nSPS) is 23.3. The number of nitrogens with zero attached hydrogens (tertiary/aromatic N) is 1. The van der Waals surface area contributed by atoms with Crippen LogP contribution in [0.3, 0.4) is 0 Å². The maximum atomic E-state index is 12.7. The third-order valence-electron chi connectivity index (χ3n) is 4.37. The third kappa shape index (κ3) is 3.82. The molecule has 1 unspecified atom stereocenters. The molecular weight excluding hydrogens is 320 g/mol. The van der Waals surface area contributed by atoms with Gasteiger partial charge < -0.3 is 5.73 Å². The topological polar surface area (TPSA) is 63.4 Å². The molecule has 1 heterocycles. The van der Waals surface area contributed by atoms with E-state index in [1.54, 1.807) is 16.4 Å². The predicted molar refractivity (Wildman–Crippen MR) is 92.9 cm³/mol. The van der Waals surface area contributed by atoms with Gasteiger partial charge in [-0.15, -0.1) is 12.4 Å². The van der Waals surface area contributed by atoms with Gasteiger partial charge in [0.25, 0.3) is 0 Å². The van der Waals surface area contributed by atoms with Gasteiger partial charge in [-0.2, -0.15) is 4.31 Å². The highest BCUT2D eigenvalue weighted by molar-refractivity contribution is 7.89. The molecule has 0 radical (unpaired) electrons. The number of hydrogen-bond donors (Lipinski definition) is 1. The molecule has 1 atom stereocenters. The first kappa shape index (κ1) is 19.4. The summed E-state index contributed by atoms with van der Waals surface area (Å²) in [4.78, 5) is 0.372. The molecule has 0 saturated carbocycles. The van der Waals surface area contributed by atoms with Gasteiger partial charge in [-0.1, -0.05) is 39.8 Å². The largest absolute Gasteiger partial charge is 0.330 e. The van der Waals surface area contributed by atoms with Gasteiger partial charge in [0.1, 0.15) is 0 Å². The Kier molecular flexibility index (Phi) is 5.72. The molecule has 22 heavy (non-hydrogen) atoms. The summed E-state index contributed by atoms with van der Waals surface area (Å²) in [7, 11) is -3.40. The summed E-state index contributed by atoms with van der Waals surface area (Å²) in [5.74, 6) is 0. The van der Waals surface area contributed by atoms with Gasteiger partial charge in [0, 0.05) is 13.1 Å². The van der Waals surface area contributed by atoms with E-state index in [9.17, 15) is 8.42 Å². The summed E-state index contributed by atoms with van der Waals surface area (Å²) >= 11 is 0. The van der Waals surface area contributed by atoms with Gasteiger partial charge in [-0.25, -0.2) is 8.42 Å². The van der Waals surface area contributed by atoms with Crippen LogP contribution in [-0.4, -0.2) is 32.4 Å². The molecule has 1 aliphatic rings. The molecule has 1 aromatic rings. The number of benzene rings is 1. The lowest BCUT2D eigenvalue weighted by atomic mass is 9.87. The number of nitrogens with two attached hydrogens (primary N) is 1. The molecule has 0 amide bonds. The van der Waals surface area contributed by atoms with Crippen LogP contribution in [0.4, 0.5) is 0 Å². The first-order chi connectivity index (χ1) is 9.58. The van der Waals surface area contributed by atoms with E-state index in [-0.39, 0.29) is 23.2 Å². The fourth-order valence-electron chi connectivity index (χ4n) is 2.63. The van der Waals surface area contributed by atoms with Gasteiger partial charge in [0.05, 0.1) is 4.90 Å². The molecule has 6 heteroatoms. The molecule has 2 N–H and O–H groups in total. The molecular formula is C16H27ClN2O2S. The second kappa shape index (κ2) is 6.48. The number of sulfonamides is 1. The van der Waals surface area contributed by atoms with E-state index < -0.39 is 10.0 Å². The molecule has 0 aliphatic carbocycles. The highest BCUT2D eigenvalue weighted by atomic mass is 35.5. The van der Waals surface area contributed by atoms with Crippen molar-refractivity contribution in [1.29, 1.82) is 0 Å². The Hall–Kier alpha value is -0.620. The first-order valence-electron chi connectivity index (χ1n) is 7.39. The Morgan fingerprint density at radius 1 is 1.23 bits per heavy atom. The molecule has 0 bridgehead atoms. The average Bonchev–Trinajstić information content (AvgIpc) is 2.82. The van der Waals surface area contributed by atoms with Crippen molar-refractivity contribution in [1.82, 2.24) is 4.31 Å². The average molecular weight is 347 g/mol. The van der Waals surface area contributed by atoms with Crippen LogP contribution in [0.25, 0.3) is 0 Å². The fraction of sp³-hybridized carbons (Fsp3) is 0.625. The minimum atomic E-state index is -3.40. The van der Waals surface area contributed by atoms with E-state index in [1.807, 2.05) is 19.1 Å². The van der Waals surface area contributed by atoms with Crippen LogP contribution >= 0.6 is 12.4 Å². The van der Waals surface area contributed by atoms with Crippen LogP contribution in [0.15, 0.2) is 29.2 Å². The van der Waals surface area contributed by atoms with Crippen LogP contribution in [0, 0.1) is 5.41 Å². The van der Waals surface area contributed by atoms with E-state index >= 15 is 0 Å². The van der Waals surface area contributed by atoms with Gasteiger partial charge in [-0.05, 0) is 41.5 Å². The zero-order chi connectivity index (χ0) is 15.9. The standard InChI is InChI=1S/C16H26N2O2S.ClH/c1-15(2,3)13-5-7-14(8-6-13)21(19,20)18-10-9-16(4,11-17)12-18;/h5-8H,9-12,17H2,1-4H3;1H. The van der Waals surface area contributed by atoms with Crippen molar-refractivity contribution >= 4 is 22.4 Å². The molecule has 2 rings (SSSR count). The van der Waals surface area contributed by atoms with E-state index in [1.165, 1.54) is 0 Å². The molecule has 1 aromatic carbocycles. The summed E-state index contributed by atoms with van der Waals surface area (Å²) in [6, 6.07) is 7.25. The zero-order valence-corrected chi connectivity index (χ0v) is 15.4. The Labute approximate surface area is 140 Å². The second-order valence-electron chi connectivity index (χ2n) is 7.38. The summed E-state index contributed by atoms with van der Waals surface area (Å²) < 4.78 is 26.9. The van der Waals surface area contributed by atoms with Gasteiger partial charge >= 0.3 is 0 Å². The highest BCUT2D eigenvalue weighted by Crippen LogP contribution is 2.33. The van der Waals surface area contributed by atoms with Crippen LogP contribution in [0.2, 0.25) is 0 Å². The molecule has 1 fully saturated rings. The van der Waals surface area contributed by atoms with E-state index in [0.29, 0.717) is 24.5 Å². The number of hydrogen-bond acceptors (Lipinski definition) is 3. The zero-order valence-electron chi connectivity index (χ0n) is 13.8. The second-order valence-corrected chi connectivity index (χ2v) is 9.32. The van der Waals surface area contributed by atoms with Crippen LogP contribution < -0.4 is 5.73 Å². The minimum Gasteiger partial charge on any atom is -0.330 e. The van der Waals surface area contributed by atoms with Crippen molar-refractivity contribution < 1.29 is 8.42 Å². The van der Waals surface area contributed by atoms with E-state index in [4.69, 9.17) is 5.73 Å². The SMILES string of the molecule is CC1(CN)CCN(S(=O)(=O)c2ccc(C(C)(C)C)cc2)C1.Cl. The predicted octanol–water partition coefficient (Wildman–Crippen LogP) is 2.77. The molecule has 4 nitrogen and oxygen atoms in total. The maximum absolute atomic E-state index is 12.7. The minimum absolute atomic E-state index is 0. The number of rotatable bonds is 3. The highest BCUT2D eigenvalue weighted by Gasteiger charge is 2.38. The van der Waals surface area contributed by atoms with Gasteiger partial charge in [-0.3, -0.25) is 0 Å². The van der Waals surface area contributed by atoms with Gasteiger partial charge in [0.2, 0.25) is 10.0 Å². The lowest BCUT2D eigenvalue weighted by Crippen LogP contribution is -2.34. The molecule has 1 aliphatic heterocycles. The van der Waals surface area contributed by atoms with Crippen LogP contribution in [0.5, 0.6) is 0 Å². The summed E-state index contributed by atoms with van der Waals surface area (Å²) in [6.45, 7) is 9.97. The van der Waals surface area contributed by atoms with Crippen LogP contribution in [-0.2, 0) is 15.4 Å². The quantitative estimate of drug-likeness (QED) is 0.915. The van der Waals surface area contributed by atoms with Crippen molar-refractivity contribution in [2.45, 2.75) is 44.4 Å². The van der Waals surface area contributed by atoms with E-state index in [2.05, 4.69) is 20.8 Å². The van der Waals surface area contributed by atoms with Crippen molar-refractivity contribution in [3.63, 3.8) is 0 Å². The lowest BCUT2D eigenvalue weighted by molar-refractivity contribution is 0.349. The van der Waals surface area contributed by atoms with Crippen molar-refractivity contribution in [2.24, 2.45) is 11.1 Å². The van der Waals surface area contributed by atoms with E-state index in [0.717, 1.165) is 12.0 Å². The summed E-state index contributed by atoms with van der Waals surface area (Å²) in [6.07, 6.45) is 0.822. The summed E-state index contributed by atoms with van der Waals surface area (Å²) in [5.41, 5.74) is 6.82. The fourth-order valence-corrected chi connectivity index (χ4v) is 4.22. The molecule has 0 aromatic heterocycles. The third-order valence-corrected chi connectivity index (χ3v) is 6.23. The number of halogens is 1. The first-order valence-corrected chi connectivity index (χ1v) is 8.83. The van der Waals surface area contributed by atoms with Crippen molar-refractivity contribution in [3.8, 4) is 0 Å². The Morgan fingerprint density at radius 2 is 1.77 bits per heavy atom. The Bertz CT molecular complexity index is 608.